The Balaban J connectivity index is 1.62. The lowest BCUT2D eigenvalue weighted by atomic mass is 10.2. The van der Waals surface area contributed by atoms with Crippen molar-refractivity contribution in [3.63, 3.8) is 0 Å². The van der Waals surface area contributed by atoms with Gasteiger partial charge in [-0.3, -0.25) is 4.79 Å². The number of aromatic nitrogens is 2. The Kier molecular flexibility index (Phi) is 6.95. The van der Waals surface area contributed by atoms with Crippen molar-refractivity contribution in [2.75, 3.05) is 31.1 Å². The lowest BCUT2D eigenvalue weighted by Gasteiger charge is -2.37. The molecule has 2 aliphatic rings. The highest BCUT2D eigenvalue weighted by atomic mass is 19.1. The van der Waals surface area contributed by atoms with Crippen LogP contribution in [0.2, 0.25) is 0 Å². The van der Waals surface area contributed by atoms with Gasteiger partial charge in [-0.15, -0.1) is 0 Å². The van der Waals surface area contributed by atoms with Crippen LogP contribution >= 0.6 is 0 Å². The molecule has 1 aromatic heterocycles. The van der Waals surface area contributed by atoms with E-state index >= 15 is 0 Å². The van der Waals surface area contributed by atoms with Crippen LogP contribution in [0.4, 0.5) is 23.7 Å². The van der Waals surface area contributed by atoms with E-state index in [4.69, 9.17) is 9.47 Å². The van der Waals surface area contributed by atoms with E-state index in [1.54, 1.807) is 25.7 Å². The van der Waals surface area contributed by atoms with Gasteiger partial charge in [0.2, 0.25) is 5.75 Å². The Morgan fingerprint density at radius 2 is 1.71 bits per heavy atom. The largest absolute Gasteiger partial charge is 0.483 e. The van der Waals surface area contributed by atoms with Gasteiger partial charge in [0.25, 0.3) is 0 Å². The maximum Gasteiger partial charge on any atom is 0.410 e. The summed E-state index contributed by atoms with van der Waals surface area (Å²) in [6.07, 6.45) is 0.399. The highest BCUT2D eigenvalue weighted by molar-refractivity contribution is 5.69. The number of piperazine rings is 1. The number of ether oxygens (including phenoxy) is 2. The van der Waals surface area contributed by atoms with Crippen LogP contribution in [0.5, 0.6) is 5.75 Å². The highest BCUT2D eigenvalue weighted by Gasteiger charge is 2.31. The summed E-state index contributed by atoms with van der Waals surface area (Å²) in [5.74, 6) is -1.77. The SMILES string of the molecule is CC(C)(C)OC(=O)N1CCN(c2cnn(-c3cc(F)cc(F)c3)c(=O)c2O[C@H]2CC[C@H](F)C2)CC1. The number of carbonyl (C=O) groups is 1. The summed E-state index contributed by atoms with van der Waals surface area (Å²) < 4.78 is 53.6. The summed E-state index contributed by atoms with van der Waals surface area (Å²) in [7, 11) is 0. The second-order valence-electron chi connectivity index (χ2n) is 9.81. The van der Waals surface area contributed by atoms with Gasteiger partial charge in [0.15, 0.2) is 0 Å². The second kappa shape index (κ2) is 9.79. The number of carbonyl (C=O) groups excluding carboxylic acids is 1. The molecule has 35 heavy (non-hydrogen) atoms. The summed E-state index contributed by atoms with van der Waals surface area (Å²) in [5, 5.41) is 4.13. The van der Waals surface area contributed by atoms with Crippen LogP contribution in [0.1, 0.15) is 40.0 Å². The molecule has 0 bridgehead atoms. The van der Waals surface area contributed by atoms with Gasteiger partial charge in [0.1, 0.15) is 35.2 Å². The van der Waals surface area contributed by atoms with Crippen molar-refractivity contribution in [2.24, 2.45) is 0 Å². The summed E-state index contributed by atoms with van der Waals surface area (Å²) in [6, 6.07) is 2.69. The van der Waals surface area contributed by atoms with Gasteiger partial charge in [-0.05, 0) is 45.7 Å². The molecule has 0 N–H and O–H groups in total. The third kappa shape index (κ3) is 5.88. The Morgan fingerprint density at radius 3 is 2.29 bits per heavy atom. The number of nitrogens with zero attached hydrogens (tertiary/aromatic N) is 4. The molecular formula is C24H29F3N4O4. The molecule has 0 unspecified atom stereocenters. The van der Waals surface area contributed by atoms with Gasteiger partial charge < -0.3 is 19.3 Å². The van der Waals surface area contributed by atoms with Crippen LogP contribution in [0.3, 0.4) is 0 Å². The molecule has 1 aliphatic carbocycles. The predicted molar refractivity (Wildman–Crippen MR) is 123 cm³/mol. The molecule has 2 heterocycles. The van der Waals surface area contributed by atoms with Crippen molar-refractivity contribution < 1.29 is 27.4 Å². The van der Waals surface area contributed by atoms with Gasteiger partial charge in [-0.1, -0.05) is 0 Å². The van der Waals surface area contributed by atoms with Crippen molar-refractivity contribution in [2.45, 2.75) is 57.9 Å². The highest BCUT2D eigenvalue weighted by Crippen LogP contribution is 2.31. The summed E-state index contributed by atoms with van der Waals surface area (Å²) in [4.78, 5) is 29.2. The lowest BCUT2D eigenvalue weighted by molar-refractivity contribution is 0.0240. The van der Waals surface area contributed by atoms with Gasteiger partial charge in [0.05, 0.1) is 11.9 Å². The van der Waals surface area contributed by atoms with Crippen molar-refractivity contribution >= 4 is 11.8 Å². The van der Waals surface area contributed by atoms with E-state index in [0.29, 0.717) is 50.8 Å². The van der Waals surface area contributed by atoms with Crippen LogP contribution < -0.4 is 15.2 Å². The normalized spacial score (nSPS) is 20.7. The summed E-state index contributed by atoms with van der Waals surface area (Å²) in [6.45, 7) is 6.84. The Hall–Kier alpha value is -3.24. The number of rotatable bonds is 4. The number of anilines is 1. The monoisotopic (exact) mass is 494 g/mol. The Labute approximate surface area is 201 Å². The summed E-state index contributed by atoms with van der Waals surface area (Å²) >= 11 is 0. The average molecular weight is 495 g/mol. The molecule has 0 spiro atoms. The molecule has 8 nitrogen and oxygen atoms in total. The number of halogens is 3. The van der Waals surface area contributed by atoms with E-state index in [1.165, 1.54) is 6.20 Å². The minimum Gasteiger partial charge on any atom is -0.483 e. The van der Waals surface area contributed by atoms with Crippen molar-refractivity contribution in [3.05, 3.63) is 46.4 Å². The van der Waals surface area contributed by atoms with Crippen LogP contribution in [-0.4, -0.2) is 64.8 Å². The molecule has 1 saturated heterocycles. The van der Waals surface area contributed by atoms with Gasteiger partial charge in [-0.25, -0.2) is 18.0 Å². The van der Waals surface area contributed by atoms with Gasteiger partial charge in [0, 0.05) is 38.7 Å². The molecular weight excluding hydrogens is 465 g/mol. The fraction of sp³-hybridized carbons (Fsp3) is 0.542. The van der Waals surface area contributed by atoms with Crippen LogP contribution in [-0.2, 0) is 4.74 Å². The van der Waals surface area contributed by atoms with Gasteiger partial charge >= 0.3 is 11.7 Å². The van der Waals surface area contributed by atoms with Crippen LogP contribution in [0.15, 0.2) is 29.2 Å². The number of alkyl halides is 1. The number of hydrogen-bond acceptors (Lipinski definition) is 6. The fourth-order valence-electron chi connectivity index (χ4n) is 4.23. The molecule has 2 atom stereocenters. The van der Waals surface area contributed by atoms with E-state index in [9.17, 15) is 22.8 Å². The van der Waals surface area contributed by atoms with Crippen LogP contribution in [0.25, 0.3) is 5.69 Å². The van der Waals surface area contributed by atoms with E-state index in [-0.39, 0.29) is 17.9 Å². The number of hydrogen-bond donors (Lipinski definition) is 0. The minimum atomic E-state index is -1.01. The first-order valence-electron chi connectivity index (χ1n) is 11.6. The molecule has 0 radical (unpaired) electrons. The van der Waals surface area contributed by atoms with E-state index in [2.05, 4.69) is 5.10 Å². The molecule has 2 fully saturated rings. The molecule has 1 saturated carbocycles. The molecule has 1 amide bonds. The average Bonchev–Trinajstić information content (AvgIpc) is 3.18. The third-order valence-electron chi connectivity index (χ3n) is 5.88. The molecule has 190 valence electrons. The van der Waals surface area contributed by atoms with Crippen molar-refractivity contribution in [1.29, 1.82) is 0 Å². The quantitative estimate of drug-likeness (QED) is 0.643. The Bertz CT molecular complexity index is 1120. The zero-order chi connectivity index (χ0) is 25.3. The first kappa shape index (κ1) is 24.9. The lowest BCUT2D eigenvalue weighted by Crippen LogP contribution is -2.50. The van der Waals surface area contributed by atoms with Gasteiger partial charge in [-0.2, -0.15) is 9.78 Å². The van der Waals surface area contributed by atoms with Crippen molar-refractivity contribution in [1.82, 2.24) is 14.7 Å². The Morgan fingerprint density at radius 1 is 1.06 bits per heavy atom. The first-order chi connectivity index (χ1) is 16.5. The van der Waals surface area contributed by atoms with E-state index in [0.717, 1.165) is 16.8 Å². The summed E-state index contributed by atoms with van der Waals surface area (Å²) in [5.41, 5.74) is -1.03. The maximum absolute atomic E-state index is 13.8. The number of benzene rings is 1. The molecule has 4 rings (SSSR count). The molecule has 2 aromatic rings. The van der Waals surface area contributed by atoms with Crippen LogP contribution in [0, 0.1) is 11.6 Å². The zero-order valence-electron chi connectivity index (χ0n) is 20.0. The second-order valence-corrected chi connectivity index (χ2v) is 9.81. The van der Waals surface area contributed by atoms with E-state index in [1.807, 2.05) is 4.90 Å². The first-order valence-corrected chi connectivity index (χ1v) is 11.6. The fourth-order valence-corrected chi connectivity index (χ4v) is 4.23. The zero-order valence-corrected chi connectivity index (χ0v) is 20.0. The topological polar surface area (TPSA) is 76.9 Å². The third-order valence-corrected chi connectivity index (χ3v) is 5.88. The molecule has 1 aromatic carbocycles. The molecule has 1 aliphatic heterocycles. The maximum atomic E-state index is 13.8. The predicted octanol–water partition coefficient (Wildman–Crippen LogP) is 3.84. The smallest absolute Gasteiger partial charge is 0.410 e. The van der Waals surface area contributed by atoms with E-state index < -0.39 is 41.2 Å². The molecule has 11 heteroatoms. The van der Waals surface area contributed by atoms with Crippen molar-refractivity contribution in [3.8, 4) is 11.4 Å². The minimum absolute atomic E-state index is 0.0607. The standard InChI is InChI=1S/C24H29F3N4O4/c1-24(2,3)35-23(33)30-8-6-29(7-9-30)20-14-28-31(18-11-16(26)10-17(27)12-18)22(32)21(20)34-19-5-4-15(25)13-19/h10-12,14-15,19H,4-9,13H2,1-3H3/t15-,19-/m0/s1. The number of amides is 1.